The molecule has 2 N–H and O–H groups in total. The van der Waals surface area contributed by atoms with Crippen molar-refractivity contribution < 1.29 is 19.1 Å². The van der Waals surface area contributed by atoms with Crippen LogP contribution in [0.5, 0.6) is 5.75 Å². The molecule has 1 aromatic heterocycles. The van der Waals surface area contributed by atoms with Crippen LogP contribution in [0, 0.1) is 0 Å². The van der Waals surface area contributed by atoms with Crippen LogP contribution in [0.2, 0.25) is 0 Å². The summed E-state index contributed by atoms with van der Waals surface area (Å²) in [6, 6.07) is 15.6. The van der Waals surface area contributed by atoms with Gasteiger partial charge >= 0.3 is 5.97 Å². The van der Waals surface area contributed by atoms with Crippen LogP contribution in [0.25, 0.3) is 6.08 Å². The van der Waals surface area contributed by atoms with Gasteiger partial charge in [0.15, 0.2) is 11.4 Å². The van der Waals surface area contributed by atoms with Crippen molar-refractivity contribution in [3.05, 3.63) is 96.7 Å². The lowest BCUT2D eigenvalue weighted by Gasteiger charge is -2.24. The number of carbonyl (C=O) groups is 2. The largest absolute Gasteiger partial charge is 0.484 e. The molecule has 0 fully saturated rings. The molecule has 0 bridgehead atoms. The van der Waals surface area contributed by atoms with Gasteiger partial charge in [-0.15, -0.1) is 0 Å². The van der Waals surface area contributed by atoms with Gasteiger partial charge in [0.05, 0.1) is 29.0 Å². The van der Waals surface area contributed by atoms with Gasteiger partial charge in [0.1, 0.15) is 5.75 Å². The monoisotopic (exact) mass is 463 g/mol. The van der Waals surface area contributed by atoms with E-state index in [2.05, 4.69) is 4.99 Å². The van der Waals surface area contributed by atoms with Gasteiger partial charge in [-0.1, -0.05) is 53.8 Å². The number of ether oxygens (including phenoxy) is 2. The fraction of sp³-hybridized carbons (Fsp3) is 0.167. The highest BCUT2D eigenvalue weighted by Gasteiger charge is 2.32. The van der Waals surface area contributed by atoms with Gasteiger partial charge in [-0.3, -0.25) is 14.2 Å². The van der Waals surface area contributed by atoms with Crippen molar-refractivity contribution in [3.8, 4) is 5.75 Å². The molecule has 2 heterocycles. The molecule has 33 heavy (non-hydrogen) atoms. The third-order valence-corrected chi connectivity index (χ3v) is 6.08. The second-order valence-electron chi connectivity index (χ2n) is 7.31. The van der Waals surface area contributed by atoms with Gasteiger partial charge in [-0.05, 0) is 36.3 Å². The minimum Gasteiger partial charge on any atom is -0.484 e. The maximum atomic E-state index is 13.4. The van der Waals surface area contributed by atoms with Crippen molar-refractivity contribution in [2.45, 2.75) is 13.0 Å². The lowest BCUT2D eigenvalue weighted by molar-refractivity contribution is -0.136. The average Bonchev–Trinajstić information content (AvgIpc) is 3.12. The molecule has 0 saturated carbocycles. The van der Waals surface area contributed by atoms with Crippen molar-refractivity contribution in [1.82, 2.24) is 4.57 Å². The third kappa shape index (κ3) is 4.49. The van der Waals surface area contributed by atoms with Crippen LogP contribution >= 0.6 is 11.3 Å². The molecule has 1 aliphatic rings. The summed E-state index contributed by atoms with van der Waals surface area (Å²) >= 11 is 1.25. The highest BCUT2D eigenvalue weighted by molar-refractivity contribution is 7.07. The zero-order chi connectivity index (χ0) is 23.5. The van der Waals surface area contributed by atoms with Gasteiger partial charge in [0, 0.05) is 0 Å². The number of hydrogen-bond donors (Lipinski definition) is 1. The molecule has 0 saturated heterocycles. The molecule has 168 valence electrons. The van der Waals surface area contributed by atoms with E-state index in [1.54, 1.807) is 37.3 Å². The predicted molar refractivity (Wildman–Crippen MR) is 123 cm³/mol. The Kier molecular flexibility index (Phi) is 6.23. The molecule has 0 spiro atoms. The summed E-state index contributed by atoms with van der Waals surface area (Å²) < 4.78 is 12.3. The van der Waals surface area contributed by atoms with Crippen LogP contribution in [-0.4, -0.2) is 30.2 Å². The van der Waals surface area contributed by atoms with E-state index in [1.807, 2.05) is 30.3 Å². The van der Waals surface area contributed by atoms with Crippen LogP contribution in [-0.2, 0) is 14.3 Å². The first-order valence-corrected chi connectivity index (χ1v) is 10.9. The average molecular weight is 464 g/mol. The Labute approximate surface area is 192 Å². The molecule has 8 nitrogen and oxygen atoms in total. The molecule has 9 heteroatoms. The molecule has 1 aliphatic heterocycles. The molecule has 3 aromatic rings. The Morgan fingerprint density at radius 1 is 1.15 bits per heavy atom. The van der Waals surface area contributed by atoms with Crippen molar-refractivity contribution in [3.63, 3.8) is 0 Å². The number of primary amides is 1. The van der Waals surface area contributed by atoms with Gasteiger partial charge in [0.25, 0.3) is 11.5 Å². The number of aromatic nitrogens is 1. The molecule has 1 unspecified atom stereocenters. The predicted octanol–water partition coefficient (Wildman–Crippen LogP) is 1.27. The molecule has 2 aromatic carbocycles. The minimum absolute atomic E-state index is 0.209. The lowest BCUT2D eigenvalue weighted by Crippen LogP contribution is -2.39. The zero-order valence-electron chi connectivity index (χ0n) is 18.0. The summed E-state index contributed by atoms with van der Waals surface area (Å²) in [5.74, 6) is -0.587. The van der Waals surface area contributed by atoms with Gasteiger partial charge in [-0.25, -0.2) is 9.79 Å². The second kappa shape index (κ2) is 9.25. The van der Waals surface area contributed by atoms with E-state index >= 15 is 0 Å². The number of amides is 1. The Balaban J connectivity index is 1.81. The highest BCUT2D eigenvalue weighted by Crippen LogP contribution is 2.30. The van der Waals surface area contributed by atoms with Crippen LogP contribution in [0.1, 0.15) is 24.1 Å². The van der Waals surface area contributed by atoms with Crippen molar-refractivity contribution in [1.29, 1.82) is 0 Å². The number of allylic oxidation sites excluding steroid dienone is 1. The summed E-state index contributed by atoms with van der Waals surface area (Å²) in [5, 5.41) is 0. The van der Waals surface area contributed by atoms with Crippen molar-refractivity contribution >= 4 is 29.3 Å². The molecule has 1 atom stereocenters. The summed E-state index contributed by atoms with van der Waals surface area (Å²) in [5.41, 5.74) is 7.24. The van der Waals surface area contributed by atoms with Crippen LogP contribution < -0.4 is 25.4 Å². The van der Waals surface area contributed by atoms with E-state index in [9.17, 15) is 14.4 Å². The van der Waals surface area contributed by atoms with E-state index in [1.165, 1.54) is 23.0 Å². The minimum atomic E-state index is -0.637. The third-order valence-electron chi connectivity index (χ3n) is 5.10. The first-order valence-electron chi connectivity index (χ1n) is 10.1. The normalized spacial score (nSPS) is 15.6. The van der Waals surface area contributed by atoms with Crippen molar-refractivity contribution in [2.75, 3.05) is 13.7 Å². The second-order valence-corrected chi connectivity index (χ2v) is 8.32. The lowest BCUT2D eigenvalue weighted by atomic mass is 9.96. The number of nitrogens with two attached hydrogens (primary N) is 1. The van der Waals surface area contributed by atoms with E-state index in [-0.39, 0.29) is 12.2 Å². The van der Waals surface area contributed by atoms with E-state index in [0.29, 0.717) is 26.4 Å². The number of benzene rings is 2. The molecule has 0 radical (unpaired) electrons. The molecule has 1 amide bonds. The number of rotatable bonds is 6. The maximum absolute atomic E-state index is 13.4. The number of methoxy groups -OCH3 is 1. The smallest absolute Gasteiger partial charge is 0.338 e. The standard InChI is InChI=1S/C24H21N3O5S/c1-14-20(23(30)31-2)21(16-6-4-3-5-7-16)27-22(29)18(33-24(27)26-14)12-15-8-10-17(11-9-15)32-13-19(25)28/h3-12,21H,13H2,1-2H3,(H2,25,28). The van der Waals surface area contributed by atoms with Crippen LogP contribution in [0.15, 0.2) is 75.7 Å². The summed E-state index contributed by atoms with van der Waals surface area (Å²) in [4.78, 5) is 41.9. The van der Waals surface area contributed by atoms with Gasteiger partial charge in [-0.2, -0.15) is 0 Å². The fourth-order valence-electron chi connectivity index (χ4n) is 3.61. The number of fused-ring (bicyclic) bond motifs is 1. The fourth-order valence-corrected chi connectivity index (χ4v) is 4.66. The Morgan fingerprint density at radius 3 is 2.48 bits per heavy atom. The zero-order valence-corrected chi connectivity index (χ0v) is 18.8. The Morgan fingerprint density at radius 2 is 1.85 bits per heavy atom. The van der Waals surface area contributed by atoms with Gasteiger partial charge < -0.3 is 15.2 Å². The van der Waals surface area contributed by atoms with E-state index in [4.69, 9.17) is 15.2 Å². The molecular formula is C24H21N3O5S. The number of hydrogen-bond acceptors (Lipinski definition) is 7. The van der Waals surface area contributed by atoms with Gasteiger partial charge in [0.2, 0.25) is 0 Å². The van der Waals surface area contributed by atoms with Crippen molar-refractivity contribution in [2.24, 2.45) is 10.7 Å². The molecule has 0 aliphatic carbocycles. The number of carbonyl (C=O) groups excluding carboxylic acids is 2. The van der Waals surface area contributed by atoms with E-state index < -0.39 is 17.9 Å². The summed E-state index contributed by atoms with van der Waals surface area (Å²) in [6.07, 6.45) is 1.75. The quantitative estimate of drug-likeness (QED) is 0.553. The molecular weight excluding hydrogens is 442 g/mol. The number of esters is 1. The first kappa shape index (κ1) is 22.2. The Bertz CT molecular complexity index is 1420. The van der Waals surface area contributed by atoms with Crippen LogP contribution in [0.3, 0.4) is 0 Å². The number of nitrogens with zero attached hydrogens (tertiary/aromatic N) is 2. The number of thiazole rings is 1. The van der Waals surface area contributed by atoms with Crippen LogP contribution in [0.4, 0.5) is 0 Å². The molecule has 4 rings (SSSR count). The maximum Gasteiger partial charge on any atom is 0.338 e. The SMILES string of the molecule is COC(=O)C1=C(C)N=c2sc(=Cc3ccc(OCC(N)=O)cc3)c(=O)n2C1c1ccccc1. The highest BCUT2D eigenvalue weighted by atomic mass is 32.1. The first-order chi connectivity index (χ1) is 15.9. The summed E-state index contributed by atoms with van der Waals surface area (Å²) in [6.45, 7) is 1.53. The Hall–Kier alpha value is -3.98. The summed E-state index contributed by atoms with van der Waals surface area (Å²) in [7, 11) is 1.31. The topological polar surface area (TPSA) is 113 Å². The van der Waals surface area contributed by atoms with E-state index in [0.717, 1.165) is 11.1 Å².